The fourth-order valence-electron chi connectivity index (χ4n) is 7.48. The Morgan fingerprint density at radius 2 is 1.73 bits per heavy atom. The van der Waals surface area contributed by atoms with E-state index in [1.165, 1.54) is 18.2 Å². The number of carbonyl (C=O) groups is 3. The molecule has 0 spiro atoms. The minimum absolute atomic E-state index is 0.0652. The summed E-state index contributed by atoms with van der Waals surface area (Å²) in [5, 5.41) is 14.0. The smallest absolute Gasteiger partial charge is 0.398 e. The minimum Gasteiger partial charge on any atom is -0.481 e. The van der Waals surface area contributed by atoms with E-state index in [0.29, 0.717) is 69.7 Å². The number of alkyl halides is 4. The highest BCUT2D eigenvalue weighted by atomic mass is 35.5. The number of rotatable bonds is 6. The summed E-state index contributed by atoms with van der Waals surface area (Å²) in [6.07, 6.45) is -1.60. The Balaban J connectivity index is 1.23. The minimum atomic E-state index is -4.57. The fourth-order valence-corrected chi connectivity index (χ4v) is 7.73. The predicted molar refractivity (Wildman–Crippen MR) is 156 cm³/mol. The van der Waals surface area contributed by atoms with Gasteiger partial charge in [0.25, 0.3) is 5.91 Å². The number of halogens is 5. The number of aliphatic carboxylic acids is 1. The Morgan fingerprint density at radius 3 is 2.33 bits per heavy atom. The first kappa shape index (κ1) is 30.4. The first-order chi connectivity index (χ1) is 21.4. The molecule has 2 atom stereocenters. The van der Waals surface area contributed by atoms with Gasteiger partial charge in [0.2, 0.25) is 5.91 Å². The number of hydrogen-bond donors (Lipinski definition) is 1. The molecule has 0 bridgehead atoms. The first-order valence-corrected chi connectivity index (χ1v) is 15.9. The van der Waals surface area contributed by atoms with E-state index < -0.39 is 41.5 Å². The molecule has 2 unspecified atom stereocenters. The number of nitrogens with zero attached hydrogens (tertiary/aromatic N) is 4. The van der Waals surface area contributed by atoms with E-state index in [2.05, 4.69) is 5.10 Å². The van der Waals surface area contributed by atoms with Crippen LogP contribution in [-0.2, 0) is 27.8 Å². The van der Waals surface area contributed by atoms with E-state index >= 15 is 0 Å². The second-order valence-corrected chi connectivity index (χ2v) is 13.6. The maximum atomic E-state index is 14.3. The Kier molecular flexibility index (Phi) is 7.39. The van der Waals surface area contributed by atoms with Gasteiger partial charge in [-0.3, -0.25) is 19.3 Å². The zero-order valence-electron chi connectivity index (χ0n) is 24.5. The van der Waals surface area contributed by atoms with Crippen LogP contribution in [0.1, 0.15) is 71.4 Å². The Morgan fingerprint density at radius 1 is 1.02 bits per heavy atom. The van der Waals surface area contributed by atoms with Crippen LogP contribution < -0.4 is 0 Å². The number of hydrogen-bond acceptors (Lipinski definition) is 5. The summed E-state index contributed by atoms with van der Waals surface area (Å²) in [4.78, 5) is 43.1. The maximum Gasteiger partial charge on any atom is 0.398 e. The van der Waals surface area contributed by atoms with Crippen molar-refractivity contribution in [3.05, 3.63) is 57.4 Å². The number of carbonyl (C=O) groups excluding carboxylic acids is 2. The maximum absolute atomic E-state index is 14.3. The van der Waals surface area contributed by atoms with E-state index in [1.54, 1.807) is 4.90 Å². The standard InChI is InChI=1S/C32H33ClF4N4O4/c33-24-3-1-2-23(31(10-11-31)32(35,36)37)26(24)29(43)41-25-12-19(28(42)40-15-21(16-40)39-13-20(34)14-39)8-9-22(25)27(38-41)17-4-6-18(7-5-17)30(44)45/h1-4,18-21H,5-16H2,(H,44,45). The van der Waals surface area contributed by atoms with Crippen molar-refractivity contribution in [1.29, 1.82) is 0 Å². The van der Waals surface area contributed by atoms with Crippen LogP contribution in [0.5, 0.6) is 0 Å². The molecule has 8 nitrogen and oxygen atoms in total. The highest BCUT2D eigenvalue weighted by molar-refractivity contribution is 6.34. The molecule has 3 aliphatic carbocycles. The molecule has 1 aromatic heterocycles. The van der Waals surface area contributed by atoms with Gasteiger partial charge in [-0.1, -0.05) is 29.8 Å². The molecule has 3 heterocycles. The second-order valence-electron chi connectivity index (χ2n) is 13.2. The molecule has 5 aliphatic rings. The number of allylic oxidation sites excluding steroid dienone is 2. The third-order valence-corrected chi connectivity index (χ3v) is 10.8. The van der Waals surface area contributed by atoms with Crippen molar-refractivity contribution >= 4 is 35.0 Å². The zero-order valence-corrected chi connectivity index (χ0v) is 25.2. The molecule has 240 valence electrons. The van der Waals surface area contributed by atoms with Gasteiger partial charge in [0, 0.05) is 50.1 Å². The molecule has 3 fully saturated rings. The van der Waals surface area contributed by atoms with Crippen molar-refractivity contribution in [3.8, 4) is 0 Å². The number of fused-ring (bicyclic) bond motifs is 1. The molecular weight excluding hydrogens is 616 g/mol. The summed E-state index contributed by atoms with van der Waals surface area (Å²) in [5.74, 6) is -2.70. The number of benzene rings is 1. The molecule has 2 saturated heterocycles. The summed E-state index contributed by atoms with van der Waals surface area (Å²) in [6, 6.07) is 4.25. The lowest BCUT2D eigenvalue weighted by atomic mass is 9.82. The molecule has 13 heteroatoms. The van der Waals surface area contributed by atoms with Gasteiger partial charge in [-0.25, -0.2) is 4.39 Å². The van der Waals surface area contributed by atoms with Crippen LogP contribution in [0.25, 0.3) is 5.57 Å². The van der Waals surface area contributed by atoms with E-state index in [-0.39, 0.29) is 47.4 Å². The van der Waals surface area contributed by atoms with Crippen molar-refractivity contribution in [2.45, 2.75) is 75.2 Å². The van der Waals surface area contributed by atoms with Gasteiger partial charge in [-0.05, 0) is 62.1 Å². The average molecular weight is 649 g/mol. The lowest BCUT2D eigenvalue weighted by molar-refractivity contribution is -0.160. The normalized spacial score (nSPS) is 25.2. The summed E-state index contributed by atoms with van der Waals surface area (Å²) >= 11 is 6.47. The first-order valence-electron chi connectivity index (χ1n) is 15.5. The van der Waals surface area contributed by atoms with Gasteiger partial charge in [-0.15, -0.1) is 0 Å². The van der Waals surface area contributed by atoms with Gasteiger partial charge < -0.3 is 10.0 Å². The molecule has 1 amide bonds. The quantitative estimate of drug-likeness (QED) is 0.441. The van der Waals surface area contributed by atoms with Crippen molar-refractivity contribution in [2.75, 3.05) is 26.2 Å². The van der Waals surface area contributed by atoms with Crippen LogP contribution in [-0.4, -0.2) is 87.0 Å². The predicted octanol–water partition coefficient (Wildman–Crippen LogP) is 5.06. The third kappa shape index (κ3) is 5.08. The monoisotopic (exact) mass is 648 g/mol. The molecule has 45 heavy (non-hydrogen) atoms. The molecule has 1 aromatic carbocycles. The fraction of sp³-hybridized carbons (Fsp3) is 0.562. The Labute approximate surface area is 262 Å². The SMILES string of the molecule is O=C(O)C1CC=C(c2nn(C(=O)c3c(Cl)cccc3C3(C(F)(F)F)CC3)c3c2CCC(C(=O)N2CC(N4CC(F)C4)C2)C3)CC1. The summed E-state index contributed by atoms with van der Waals surface area (Å²) in [5.41, 5.74) is -0.00848. The lowest BCUT2D eigenvalue weighted by Gasteiger charge is -2.50. The van der Waals surface area contributed by atoms with Crippen LogP contribution in [0.15, 0.2) is 24.3 Å². The number of carboxylic acid groups (broad SMARTS) is 1. The van der Waals surface area contributed by atoms with Crippen LogP contribution in [0.2, 0.25) is 5.02 Å². The van der Waals surface area contributed by atoms with Gasteiger partial charge >= 0.3 is 12.1 Å². The van der Waals surface area contributed by atoms with Crippen LogP contribution in [0.3, 0.4) is 0 Å². The molecular formula is C32H33ClF4N4O4. The molecule has 1 saturated carbocycles. The molecule has 2 aromatic rings. The Bertz CT molecular complexity index is 1600. The lowest BCUT2D eigenvalue weighted by Crippen LogP contribution is -2.67. The van der Waals surface area contributed by atoms with Crippen LogP contribution in [0.4, 0.5) is 17.6 Å². The van der Waals surface area contributed by atoms with Crippen molar-refractivity contribution in [3.63, 3.8) is 0 Å². The summed E-state index contributed by atoms with van der Waals surface area (Å²) in [7, 11) is 0. The van der Waals surface area contributed by atoms with E-state index in [1.807, 2.05) is 11.0 Å². The third-order valence-electron chi connectivity index (χ3n) is 10.5. The highest BCUT2D eigenvalue weighted by Gasteiger charge is 2.65. The number of amides is 1. The molecule has 0 radical (unpaired) electrons. The van der Waals surface area contributed by atoms with E-state index in [4.69, 9.17) is 11.6 Å². The number of likely N-dealkylation sites (tertiary alicyclic amines) is 2. The number of aromatic nitrogens is 2. The molecule has 1 N–H and O–H groups in total. The van der Waals surface area contributed by atoms with E-state index in [0.717, 1.165) is 15.8 Å². The zero-order chi connectivity index (χ0) is 31.8. The Hall–Kier alpha value is -3.25. The van der Waals surface area contributed by atoms with Crippen molar-refractivity contribution < 1.29 is 37.1 Å². The van der Waals surface area contributed by atoms with Crippen LogP contribution >= 0.6 is 11.6 Å². The highest BCUT2D eigenvalue weighted by Crippen LogP contribution is 2.60. The summed E-state index contributed by atoms with van der Waals surface area (Å²) < 4.78 is 57.2. The van der Waals surface area contributed by atoms with Gasteiger partial charge in [0.1, 0.15) is 6.17 Å². The van der Waals surface area contributed by atoms with Gasteiger partial charge in [-0.2, -0.15) is 23.0 Å². The largest absolute Gasteiger partial charge is 0.481 e. The second kappa shape index (κ2) is 10.9. The van der Waals surface area contributed by atoms with Gasteiger partial charge in [0.05, 0.1) is 33.3 Å². The van der Waals surface area contributed by atoms with Crippen molar-refractivity contribution in [2.24, 2.45) is 11.8 Å². The molecule has 7 rings (SSSR count). The average Bonchev–Trinajstić information content (AvgIpc) is 3.71. The molecule has 2 aliphatic heterocycles. The van der Waals surface area contributed by atoms with Gasteiger partial charge in [0.15, 0.2) is 0 Å². The van der Waals surface area contributed by atoms with E-state index in [9.17, 15) is 37.1 Å². The summed E-state index contributed by atoms with van der Waals surface area (Å²) in [6.45, 7) is 1.79. The number of carboxylic acids is 1. The van der Waals surface area contributed by atoms with Crippen molar-refractivity contribution in [1.82, 2.24) is 19.6 Å². The van der Waals surface area contributed by atoms with Crippen LogP contribution in [0, 0.1) is 11.8 Å². The topological polar surface area (TPSA) is 95.7 Å².